The zero-order valence-electron chi connectivity index (χ0n) is 23.4. The maximum absolute atomic E-state index is 13.6. The third-order valence-electron chi connectivity index (χ3n) is 10.5. The molecule has 5 aliphatic rings. The molecular formula is C33H39ClN2O4S. The molecular weight excluding hydrogens is 556 g/mol. The predicted molar refractivity (Wildman–Crippen MR) is 165 cm³/mol. The van der Waals surface area contributed by atoms with Crippen LogP contribution in [0.5, 0.6) is 5.75 Å². The van der Waals surface area contributed by atoms with Crippen LogP contribution in [0.15, 0.2) is 48.6 Å². The van der Waals surface area contributed by atoms with Crippen LogP contribution in [0.3, 0.4) is 0 Å². The second-order valence-electron chi connectivity index (χ2n) is 13.0. The molecule has 2 aliphatic heterocycles. The standard InChI is InChI=1S/C33H39ClN2O4S/c1-41(39)31-14-9-21(31)4-2-6-29(37)26-11-7-24(26)18-36-19-33(15-3-5-22-16-25(34)10-12-27(22)33)20-40-30-13-8-23(17-28(30)36)32(38)35-41/h2,6,8,10,12-13,16-17,21,24,26,29,31,37H,1,3-5,7,9,11,14-15,18-20H2,(H,35,38,39)/b6-2+/t21-,24-,26+,29-,31-,33-,41?/m0/s1. The number of hydrogen-bond donors (Lipinski definition) is 2. The molecule has 1 spiro atoms. The number of rotatable bonds is 0. The number of allylic oxidation sites excluding steroid dienone is 1. The second-order valence-corrected chi connectivity index (χ2v) is 15.7. The van der Waals surface area contributed by atoms with E-state index in [0.29, 0.717) is 18.1 Å². The molecule has 2 fully saturated rings. The van der Waals surface area contributed by atoms with Crippen LogP contribution in [0.4, 0.5) is 5.69 Å². The Bertz CT molecular complexity index is 1510. The van der Waals surface area contributed by atoms with Crippen LogP contribution < -0.4 is 14.4 Å². The number of fused-ring (bicyclic) bond motifs is 5. The number of benzene rings is 2. The largest absolute Gasteiger partial charge is 0.490 e. The van der Waals surface area contributed by atoms with Gasteiger partial charge in [-0.2, -0.15) is 0 Å². The molecule has 2 aromatic rings. The van der Waals surface area contributed by atoms with Crippen LogP contribution in [0.2, 0.25) is 5.02 Å². The number of nitrogens with one attached hydrogen (secondary N) is 1. The van der Waals surface area contributed by atoms with Gasteiger partial charge in [-0.1, -0.05) is 29.8 Å². The summed E-state index contributed by atoms with van der Waals surface area (Å²) < 4.78 is 23.0. The van der Waals surface area contributed by atoms with E-state index in [1.54, 1.807) is 6.07 Å². The molecule has 0 radical (unpaired) electrons. The minimum Gasteiger partial charge on any atom is -0.490 e. The third-order valence-corrected chi connectivity index (χ3v) is 12.9. The lowest BCUT2D eigenvalue weighted by atomic mass is 9.68. The number of halogens is 1. The Morgan fingerprint density at radius 2 is 1.98 bits per heavy atom. The fourth-order valence-electron chi connectivity index (χ4n) is 7.95. The predicted octanol–water partition coefficient (Wildman–Crippen LogP) is 5.30. The topological polar surface area (TPSA) is 78.9 Å². The van der Waals surface area contributed by atoms with E-state index in [2.05, 4.69) is 33.7 Å². The van der Waals surface area contributed by atoms with Crippen molar-refractivity contribution in [1.29, 1.82) is 0 Å². The average molecular weight is 595 g/mol. The quantitative estimate of drug-likeness (QED) is 0.320. The maximum atomic E-state index is 13.6. The van der Waals surface area contributed by atoms with Gasteiger partial charge in [-0.3, -0.25) is 9.52 Å². The number of aliphatic hydroxyl groups excluding tert-OH is 1. The molecule has 2 saturated carbocycles. The molecule has 2 N–H and O–H groups in total. The van der Waals surface area contributed by atoms with Crippen molar-refractivity contribution in [3.8, 4) is 5.75 Å². The first kappa shape index (κ1) is 27.4. The molecule has 1 unspecified atom stereocenters. The number of anilines is 1. The van der Waals surface area contributed by atoms with Gasteiger partial charge in [-0.15, -0.1) is 0 Å². The van der Waals surface area contributed by atoms with Crippen LogP contribution in [0.1, 0.15) is 66.4 Å². The van der Waals surface area contributed by atoms with Crippen LogP contribution in [-0.4, -0.2) is 52.1 Å². The van der Waals surface area contributed by atoms with Crippen LogP contribution in [-0.2, 0) is 21.5 Å². The lowest BCUT2D eigenvalue weighted by Crippen LogP contribution is -2.49. The number of ether oxygens (including phenoxy) is 1. The molecule has 7 rings (SSSR count). The fraction of sp³-hybridized carbons (Fsp3) is 0.515. The number of hydrogen-bond acceptors (Lipinski definition) is 5. The Morgan fingerprint density at radius 3 is 2.76 bits per heavy atom. The Balaban J connectivity index is 1.29. The van der Waals surface area contributed by atoms with E-state index in [1.807, 2.05) is 24.3 Å². The molecule has 8 heteroatoms. The smallest absolute Gasteiger partial charge is 0.262 e. The molecule has 3 aliphatic carbocycles. The number of carbonyl (C=O) groups excluding carboxylic acids is 1. The van der Waals surface area contributed by atoms with E-state index in [4.69, 9.17) is 16.3 Å². The highest BCUT2D eigenvalue weighted by Crippen LogP contribution is 2.47. The van der Waals surface area contributed by atoms with Crippen LogP contribution in [0, 0.1) is 17.8 Å². The summed E-state index contributed by atoms with van der Waals surface area (Å²) in [5.74, 6) is 5.13. The Morgan fingerprint density at radius 1 is 1.12 bits per heavy atom. The highest BCUT2D eigenvalue weighted by Gasteiger charge is 2.44. The molecule has 2 bridgehead atoms. The van der Waals surface area contributed by atoms with Gasteiger partial charge in [0.2, 0.25) is 0 Å². The summed E-state index contributed by atoms with van der Waals surface area (Å²) in [5.41, 5.74) is 3.73. The fourth-order valence-corrected chi connectivity index (χ4v) is 10.1. The monoisotopic (exact) mass is 594 g/mol. The first-order valence-electron chi connectivity index (χ1n) is 15.1. The zero-order chi connectivity index (χ0) is 28.4. The molecule has 41 heavy (non-hydrogen) atoms. The summed E-state index contributed by atoms with van der Waals surface area (Å²) in [7, 11) is -2.82. The highest BCUT2D eigenvalue weighted by molar-refractivity contribution is 7.99. The van der Waals surface area contributed by atoms with Gasteiger partial charge in [0.1, 0.15) is 5.75 Å². The summed E-state index contributed by atoms with van der Waals surface area (Å²) in [5, 5.41) is 11.8. The van der Waals surface area contributed by atoms with Gasteiger partial charge in [0.15, 0.2) is 0 Å². The van der Waals surface area contributed by atoms with E-state index in [9.17, 15) is 14.1 Å². The Kier molecular flexibility index (Phi) is 6.91. The molecule has 2 heterocycles. The van der Waals surface area contributed by atoms with Gasteiger partial charge in [0.25, 0.3) is 5.91 Å². The maximum Gasteiger partial charge on any atom is 0.262 e. The van der Waals surface area contributed by atoms with Gasteiger partial charge in [0.05, 0.1) is 28.1 Å². The van der Waals surface area contributed by atoms with Crippen molar-refractivity contribution in [3.63, 3.8) is 0 Å². The van der Waals surface area contributed by atoms with Gasteiger partial charge in [0, 0.05) is 34.3 Å². The molecule has 2 aromatic carbocycles. The third kappa shape index (κ3) is 4.88. The molecule has 218 valence electrons. The number of carbonyl (C=O) groups is 1. The van der Waals surface area contributed by atoms with Gasteiger partial charge < -0.3 is 14.7 Å². The lowest BCUT2D eigenvalue weighted by molar-refractivity contribution is 0.0455. The number of aliphatic hydroxyl groups is 1. The molecule has 6 nitrogen and oxygen atoms in total. The number of aryl methyl sites for hydroxylation is 1. The lowest BCUT2D eigenvalue weighted by Gasteiger charge is -2.45. The Labute approximate surface area is 248 Å². The second kappa shape index (κ2) is 10.4. The average Bonchev–Trinajstić information content (AvgIpc) is 3.04. The van der Waals surface area contributed by atoms with Gasteiger partial charge in [-0.05, 0) is 116 Å². The van der Waals surface area contributed by atoms with Crippen molar-refractivity contribution in [1.82, 2.24) is 4.72 Å². The van der Waals surface area contributed by atoms with Crippen LogP contribution >= 0.6 is 11.6 Å². The molecule has 7 atom stereocenters. The summed E-state index contributed by atoms with van der Waals surface area (Å²) in [6.07, 6.45) is 11.1. The van der Waals surface area contributed by atoms with Crippen molar-refractivity contribution >= 4 is 38.8 Å². The van der Waals surface area contributed by atoms with E-state index >= 15 is 0 Å². The van der Waals surface area contributed by atoms with Crippen molar-refractivity contribution in [2.24, 2.45) is 17.8 Å². The zero-order valence-corrected chi connectivity index (χ0v) is 25.0. The van der Waals surface area contributed by atoms with Crippen molar-refractivity contribution in [3.05, 3.63) is 70.3 Å². The van der Waals surface area contributed by atoms with E-state index in [0.717, 1.165) is 80.9 Å². The van der Waals surface area contributed by atoms with Crippen molar-refractivity contribution in [2.45, 2.75) is 68.1 Å². The molecule has 0 saturated heterocycles. The molecule has 1 amide bonds. The normalized spacial score (nSPS) is 37.2. The Hall–Kier alpha value is -2.48. The number of nitrogens with zero attached hydrogens (tertiary/aromatic N) is 1. The molecule has 0 aromatic heterocycles. The van der Waals surface area contributed by atoms with Crippen LogP contribution in [0.25, 0.3) is 0 Å². The highest BCUT2D eigenvalue weighted by atomic mass is 35.5. The minimum atomic E-state index is -2.82. The summed E-state index contributed by atoms with van der Waals surface area (Å²) in [4.78, 5) is 15.9. The summed E-state index contributed by atoms with van der Waals surface area (Å²) >= 11 is 6.40. The van der Waals surface area contributed by atoms with E-state index in [1.165, 1.54) is 11.1 Å². The van der Waals surface area contributed by atoms with Gasteiger partial charge in [-0.25, -0.2) is 4.21 Å². The minimum absolute atomic E-state index is 0.155. The van der Waals surface area contributed by atoms with E-state index in [-0.39, 0.29) is 28.4 Å². The summed E-state index contributed by atoms with van der Waals surface area (Å²) in [6, 6.07) is 11.8. The van der Waals surface area contributed by atoms with Crippen molar-refractivity contribution < 1.29 is 18.8 Å². The SMILES string of the molecule is C=S1(=O)NC(=O)c2ccc3c(c2)N(C[C@@H]2CC[C@H]2[C@@H](O)/C=C/C[C@H]2CC[C@@H]21)C[C@@]1(CCCc2cc(Cl)ccc21)CO3. The first-order valence-corrected chi connectivity index (χ1v) is 17.2. The summed E-state index contributed by atoms with van der Waals surface area (Å²) in [6.45, 7) is 2.08. The van der Waals surface area contributed by atoms with E-state index < -0.39 is 15.8 Å². The number of amides is 1. The van der Waals surface area contributed by atoms with Crippen molar-refractivity contribution in [2.75, 3.05) is 24.6 Å². The van der Waals surface area contributed by atoms with Gasteiger partial charge >= 0.3 is 0 Å². The first-order chi connectivity index (χ1) is 19.7.